The van der Waals surface area contributed by atoms with Gasteiger partial charge in [0, 0.05) is 40.1 Å². The lowest BCUT2D eigenvalue weighted by Gasteiger charge is -2.13. The normalized spacial score (nSPS) is 13.4. The largest absolute Gasteiger partial charge is 0.380 e. The van der Waals surface area contributed by atoms with Crippen molar-refractivity contribution < 1.29 is 0 Å². The van der Waals surface area contributed by atoms with Gasteiger partial charge in [-0.2, -0.15) is 0 Å². The molecule has 0 saturated carbocycles. The molecule has 0 atom stereocenters. The van der Waals surface area contributed by atoms with Gasteiger partial charge in [0.05, 0.1) is 0 Å². The first-order chi connectivity index (χ1) is 9.63. The number of hydrogen-bond donors (Lipinski definition) is 1. The van der Waals surface area contributed by atoms with Gasteiger partial charge in [-0.25, -0.2) is 0 Å². The monoisotopic (exact) mass is 398 g/mol. The molecular weight excluding hydrogens is 383 g/mol. The van der Waals surface area contributed by atoms with Crippen LogP contribution in [0, 0.1) is 3.57 Å². The Hall–Kier alpha value is -0.940. The summed E-state index contributed by atoms with van der Waals surface area (Å²) in [6.45, 7) is 1.97. The Morgan fingerprint density at radius 1 is 1.25 bits per heavy atom. The molecule has 1 aliphatic rings. The van der Waals surface area contributed by atoms with Gasteiger partial charge in [0.1, 0.15) is 0 Å². The molecule has 104 valence electrons. The van der Waals surface area contributed by atoms with E-state index < -0.39 is 0 Å². The summed E-state index contributed by atoms with van der Waals surface area (Å²) < 4.78 is 1.15. The summed E-state index contributed by atoms with van der Waals surface area (Å²) >= 11 is 8.28. The Labute approximate surface area is 138 Å². The second-order valence-electron chi connectivity index (χ2n) is 5.11. The number of nitrogens with zero attached hydrogens (tertiary/aromatic N) is 1. The van der Waals surface area contributed by atoms with Gasteiger partial charge in [-0.3, -0.25) is 0 Å². The van der Waals surface area contributed by atoms with E-state index in [0.29, 0.717) is 0 Å². The Balaban J connectivity index is 1.73. The minimum Gasteiger partial charge on any atom is -0.380 e. The van der Waals surface area contributed by atoms with Gasteiger partial charge < -0.3 is 10.2 Å². The Kier molecular flexibility index (Phi) is 4.08. The Bertz CT molecular complexity index is 642. The predicted molar refractivity (Wildman–Crippen MR) is 94.9 cm³/mol. The molecule has 0 aliphatic carbocycles. The summed E-state index contributed by atoms with van der Waals surface area (Å²) in [5.74, 6) is 0. The summed E-state index contributed by atoms with van der Waals surface area (Å²) in [6.07, 6.45) is 1.15. The van der Waals surface area contributed by atoms with Crippen LogP contribution in [0.1, 0.15) is 11.1 Å². The molecule has 0 unspecified atom stereocenters. The fourth-order valence-corrected chi connectivity index (χ4v) is 3.62. The number of anilines is 2. The van der Waals surface area contributed by atoms with E-state index in [1.54, 1.807) is 0 Å². The topological polar surface area (TPSA) is 15.3 Å². The number of rotatable bonds is 3. The molecule has 1 N–H and O–H groups in total. The van der Waals surface area contributed by atoms with Crippen molar-refractivity contribution in [2.24, 2.45) is 0 Å². The average molecular weight is 399 g/mol. The van der Waals surface area contributed by atoms with Gasteiger partial charge in [0.25, 0.3) is 0 Å². The predicted octanol–water partition coefficient (Wildman–Crippen LogP) is 4.55. The molecule has 0 fully saturated rings. The van der Waals surface area contributed by atoms with Gasteiger partial charge in [-0.05, 0) is 64.4 Å². The van der Waals surface area contributed by atoms with Crippen molar-refractivity contribution in [1.29, 1.82) is 0 Å². The molecule has 0 saturated heterocycles. The van der Waals surface area contributed by atoms with Crippen LogP contribution in [0.15, 0.2) is 36.4 Å². The van der Waals surface area contributed by atoms with Crippen LogP contribution in [0.25, 0.3) is 0 Å². The van der Waals surface area contributed by atoms with Crippen molar-refractivity contribution in [1.82, 2.24) is 0 Å². The zero-order valence-electron chi connectivity index (χ0n) is 11.3. The Morgan fingerprint density at radius 3 is 2.90 bits per heavy atom. The second kappa shape index (κ2) is 5.82. The maximum Gasteiger partial charge on any atom is 0.0479 e. The summed E-state index contributed by atoms with van der Waals surface area (Å²) in [6, 6.07) is 12.7. The maximum atomic E-state index is 5.97. The van der Waals surface area contributed by atoms with E-state index in [1.165, 1.54) is 16.8 Å². The highest BCUT2D eigenvalue weighted by molar-refractivity contribution is 14.1. The number of nitrogens with one attached hydrogen (secondary N) is 1. The molecular formula is C16H16ClIN2. The molecule has 0 amide bonds. The zero-order valence-corrected chi connectivity index (χ0v) is 14.2. The van der Waals surface area contributed by atoms with E-state index in [2.05, 4.69) is 58.1 Å². The van der Waals surface area contributed by atoms with Crippen LogP contribution in [0.4, 0.5) is 11.4 Å². The molecule has 0 aromatic heterocycles. The third kappa shape index (κ3) is 2.88. The van der Waals surface area contributed by atoms with E-state index >= 15 is 0 Å². The van der Waals surface area contributed by atoms with E-state index in [9.17, 15) is 0 Å². The molecule has 1 heterocycles. The van der Waals surface area contributed by atoms with Crippen LogP contribution in [0.3, 0.4) is 0 Å². The first kappa shape index (κ1) is 14.0. The van der Waals surface area contributed by atoms with Crippen LogP contribution < -0.4 is 10.2 Å². The molecule has 3 rings (SSSR count). The standard InChI is InChI=1S/C16H16ClIN2/c1-20-7-6-12-8-11(2-5-16(12)20)10-19-15-4-3-13(17)9-14(15)18/h2-5,8-9,19H,6-7,10H2,1H3. The van der Waals surface area contributed by atoms with Gasteiger partial charge in [-0.15, -0.1) is 0 Å². The SMILES string of the molecule is CN1CCc2cc(CNc3ccc(Cl)cc3I)ccc21. The summed E-state index contributed by atoms with van der Waals surface area (Å²) in [5, 5.41) is 4.26. The molecule has 2 aromatic carbocycles. The van der Waals surface area contributed by atoms with Crippen LogP contribution >= 0.6 is 34.2 Å². The highest BCUT2D eigenvalue weighted by atomic mass is 127. The van der Waals surface area contributed by atoms with Crippen molar-refractivity contribution >= 4 is 45.6 Å². The van der Waals surface area contributed by atoms with Gasteiger partial charge in [0.2, 0.25) is 0 Å². The highest BCUT2D eigenvalue weighted by Crippen LogP contribution is 2.28. The lowest BCUT2D eigenvalue weighted by Crippen LogP contribution is -2.12. The van der Waals surface area contributed by atoms with E-state index in [-0.39, 0.29) is 0 Å². The van der Waals surface area contributed by atoms with Gasteiger partial charge >= 0.3 is 0 Å². The van der Waals surface area contributed by atoms with Crippen LogP contribution in [0.5, 0.6) is 0 Å². The molecule has 2 nitrogen and oxygen atoms in total. The van der Waals surface area contributed by atoms with Crippen molar-refractivity contribution in [2.45, 2.75) is 13.0 Å². The number of likely N-dealkylation sites (N-methyl/N-ethyl adjacent to an activating group) is 1. The fraction of sp³-hybridized carbons (Fsp3) is 0.250. The van der Waals surface area contributed by atoms with E-state index in [4.69, 9.17) is 11.6 Å². The minimum absolute atomic E-state index is 0.778. The zero-order chi connectivity index (χ0) is 14.1. The van der Waals surface area contributed by atoms with Crippen LogP contribution in [-0.2, 0) is 13.0 Å². The van der Waals surface area contributed by atoms with Crippen molar-refractivity contribution in [3.8, 4) is 0 Å². The number of benzene rings is 2. The number of fused-ring (bicyclic) bond motifs is 1. The smallest absolute Gasteiger partial charge is 0.0479 e. The fourth-order valence-electron chi connectivity index (χ4n) is 2.56. The lowest BCUT2D eigenvalue weighted by atomic mass is 10.1. The lowest BCUT2D eigenvalue weighted by molar-refractivity contribution is 0.955. The first-order valence-corrected chi connectivity index (χ1v) is 8.11. The quantitative estimate of drug-likeness (QED) is 0.763. The number of halogens is 2. The van der Waals surface area contributed by atoms with Crippen LogP contribution in [-0.4, -0.2) is 13.6 Å². The van der Waals surface area contributed by atoms with Crippen LogP contribution in [0.2, 0.25) is 5.02 Å². The molecule has 0 spiro atoms. The third-order valence-corrected chi connectivity index (χ3v) is 4.81. The summed E-state index contributed by atoms with van der Waals surface area (Å²) in [7, 11) is 2.15. The molecule has 4 heteroatoms. The van der Waals surface area contributed by atoms with E-state index in [1.807, 2.05) is 18.2 Å². The van der Waals surface area contributed by atoms with Crippen molar-refractivity contribution in [2.75, 3.05) is 23.8 Å². The Morgan fingerprint density at radius 2 is 2.10 bits per heavy atom. The average Bonchev–Trinajstić information content (AvgIpc) is 2.79. The first-order valence-electron chi connectivity index (χ1n) is 6.65. The molecule has 20 heavy (non-hydrogen) atoms. The molecule has 0 bridgehead atoms. The summed E-state index contributed by atoms with van der Waals surface area (Å²) in [4.78, 5) is 2.31. The summed E-state index contributed by atoms with van der Waals surface area (Å²) in [5.41, 5.74) is 5.28. The van der Waals surface area contributed by atoms with Crippen molar-refractivity contribution in [3.63, 3.8) is 0 Å². The maximum absolute atomic E-state index is 5.97. The molecule has 1 aliphatic heterocycles. The minimum atomic E-state index is 0.778. The number of hydrogen-bond acceptors (Lipinski definition) is 2. The molecule has 0 radical (unpaired) electrons. The molecule has 2 aromatic rings. The van der Waals surface area contributed by atoms with E-state index in [0.717, 1.165) is 33.8 Å². The van der Waals surface area contributed by atoms with Gasteiger partial charge in [0.15, 0.2) is 0 Å². The third-order valence-electron chi connectivity index (χ3n) is 3.69. The second-order valence-corrected chi connectivity index (χ2v) is 6.71. The van der Waals surface area contributed by atoms with Crippen molar-refractivity contribution in [3.05, 3.63) is 56.1 Å². The highest BCUT2D eigenvalue weighted by Gasteiger charge is 2.15. The van der Waals surface area contributed by atoms with Gasteiger partial charge in [-0.1, -0.05) is 23.7 Å².